The van der Waals surface area contributed by atoms with Gasteiger partial charge in [-0.25, -0.2) is 0 Å². The molecule has 1 saturated heterocycles. The first kappa shape index (κ1) is 21.0. The molecular formula is C25H28N2O4. The fraction of sp³-hybridized carbons (Fsp3) is 0.360. The van der Waals surface area contributed by atoms with E-state index in [1.807, 2.05) is 59.5 Å². The van der Waals surface area contributed by atoms with Crippen LogP contribution < -0.4 is 10.1 Å². The number of para-hydroxylation sites is 1. The van der Waals surface area contributed by atoms with Crippen LogP contribution in [0.3, 0.4) is 0 Å². The van der Waals surface area contributed by atoms with Crippen LogP contribution in [0.25, 0.3) is 11.0 Å². The number of carbonyl (C=O) groups is 2. The molecule has 0 aliphatic carbocycles. The number of amides is 2. The number of carbonyl (C=O) groups excluding carboxylic acids is 2. The normalized spacial score (nSPS) is 16.3. The number of ether oxygens (including phenoxy) is 1. The Kier molecular flexibility index (Phi) is 6.55. The Morgan fingerprint density at radius 1 is 1.16 bits per heavy atom. The third-order valence-corrected chi connectivity index (χ3v) is 5.85. The van der Waals surface area contributed by atoms with Crippen LogP contribution in [0.5, 0.6) is 5.75 Å². The zero-order valence-electron chi connectivity index (χ0n) is 17.8. The van der Waals surface area contributed by atoms with E-state index < -0.39 is 0 Å². The van der Waals surface area contributed by atoms with Crippen LogP contribution >= 0.6 is 0 Å². The van der Waals surface area contributed by atoms with Crippen molar-refractivity contribution in [2.75, 3.05) is 20.2 Å². The second-order valence-corrected chi connectivity index (χ2v) is 8.07. The Labute approximate surface area is 182 Å². The minimum absolute atomic E-state index is 0.0311. The molecule has 1 atom stereocenters. The van der Waals surface area contributed by atoms with Crippen molar-refractivity contribution in [1.29, 1.82) is 0 Å². The summed E-state index contributed by atoms with van der Waals surface area (Å²) in [6.07, 6.45) is 3.21. The summed E-state index contributed by atoms with van der Waals surface area (Å²) in [6, 6.07) is 17.1. The van der Waals surface area contributed by atoms with Gasteiger partial charge in [0, 0.05) is 31.4 Å². The molecule has 0 radical (unpaired) electrons. The van der Waals surface area contributed by atoms with E-state index >= 15 is 0 Å². The van der Waals surface area contributed by atoms with Gasteiger partial charge in [0.1, 0.15) is 11.3 Å². The minimum atomic E-state index is -0.0663. The van der Waals surface area contributed by atoms with Crippen molar-refractivity contribution in [3.8, 4) is 5.75 Å². The molecule has 2 heterocycles. The van der Waals surface area contributed by atoms with Crippen LogP contribution in [0.4, 0.5) is 0 Å². The first-order chi connectivity index (χ1) is 15.1. The molecule has 1 aromatic heterocycles. The van der Waals surface area contributed by atoms with Crippen LogP contribution in [0.1, 0.15) is 41.8 Å². The summed E-state index contributed by atoms with van der Waals surface area (Å²) in [7, 11) is 1.63. The number of fused-ring (bicyclic) bond motifs is 1. The number of likely N-dealkylation sites (tertiary alicyclic amines) is 1. The van der Waals surface area contributed by atoms with Crippen molar-refractivity contribution >= 4 is 22.8 Å². The fourth-order valence-corrected chi connectivity index (χ4v) is 4.13. The predicted octanol–water partition coefficient (Wildman–Crippen LogP) is 4.39. The third kappa shape index (κ3) is 5.26. The van der Waals surface area contributed by atoms with Crippen LogP contribution in [-0.2, 0) is 11.3 Å². The van der Waals surface area contributed by atoms with Crippen molar-refractivity contribution in [3.63, 3.8) is 0 Å². The number of rotatable bonds is 7. The summed E-state index contributed by atoms with van der Waals surface area (Å²) in [5.74, 6) is 1.46. The number of benzene rings is 2. The number of piperidine rings is 1. The lowest BCUT2D eigenvalue weighted by atomic mass is 9.93. The van der Waals surface area contributed by atoms with E-state index in [-0.39, 0.29) is 11.8 Å². The van der Waals surface area contributed by atoms with Gasteiger partial charge in [0.2, 0.25) is 5.91 Å². The molecule has 0 unspecified atom stereocenters. The maximum absolute atomic E-state index is 12.9. The van der Waals surface area contributed by atoms with Gasteiger partial charge >= 0.3 is 0 Å². The molecule has 1 aliphatic heterocycles. The van der Waals surface area contributed by atoms with Crippen LogP contribution in [-0.4, -0.2) is 36.9 Å². The number of hydrogen-bond donors (Lipinski definition) is 1. The molecule has 1 N–H and O–H groups in total. The SMILES string of the molecule is COc1cccc(CNC(=O)CC[C@@H]2CCCN(C(=O)c3cc4ccccc4o3)C2)c1. The summed E-state index contributed by atoms with van der Waals surface area (Å²) in [4.78, 5) is 27.1. The Balaban J connectivity index is 1.26. The first-order valence-electron chi connectivity index (χ1n) is 10.8. The van der Waals surface area contributed by atoms with E-state index in [1.54, 1.807) is 7.11 Å². The maximum Gasteiger partial charge on any atom is 0.289 e. The largest absolute Gasteiger partial charge is 0.497 e. The molecule has 6 nitrogen and oxygen atoms in total. The van der Waals surface area contributed by atoms with Crippen LogP contribution in [0, 0.1) is 5.92 Å². The summed E-state index contributed by atoms with van der Waals surface area (Å²) < 4.78 is 11.0. The molecular weight excluding hydrogens is 392 g/mol. The second kappa shape index (κ2) is 9.69. The Hall–Kier alpha value is -3.28. The minimum Gasteiger partial charge on any atom is -0.497 e. The average Bonchev–Trinajstić information content (AvgIpc) is 3.25. The highest BCUT2D eigenvalue weighted by molar-refractivity contribution is 5.96. The Morgan fingerprint density at radius 2 is 2.03 bits per heavy atom. The van der Waals surface area contributed by atoms with Crippen molar-refractivity contribution < 1.29 is 18.7 Å². The lowest BCUT2D eigenvalue weighted by Crippen LogP contribution is -2.40. The van der Waals surface area contributed by atoms with E-state index in [1.165, 1.54) is 0 Å². The Bertz CT molecular complexity index is 1030. The monoisotopic (exact) mass is 420 g/mol. The molecule has 2 amide bonds. The first-order valence-corrected chi connectivity index (χ1v) is 10.8. The van der Waals surface area contributed by atoms with Gasteiger partial charge in [0.05, 0.1) is 7.11 Å². The van der Waals surface area contributed by atoms with Crippen molar-refractivity contribution in [2.24, 2.45) is 5.92 Å². The summed E-state index contributed by atoms with van der Waals surface area (Å²) in [6.45, 7) is 1.88. The van der Waals surface area contributed by atoms with Gasteiger partial charge in [-0.15, -0.1) is 0 Å². The molecule has 0 bridgehead atoms. The van der Waals surface area contributed by atoms with E-state index in [0.717, 1.165) is 48.1 Å². The van der Waals surface area contributed by atoms with E-state index in [9.17, 15) is 9.59 Å². The predicted molar refractivity (Wildman–Crippen MR) is 119 cm³/mol. The smallest absolute Gasteiger partial charge is 0.289 e. The van der Waals surface area contributed by atoms with Gasteiger partial charge in [-0.3, -0.25) is 9.59 Å². The molecule has 4 rings (SSSR count). The van der Waals surface area contributed by atoms with Gasteiger partial charge in [0.25, 0.3) is 5.91 Å². The lowest BCUT2D eigenvalue weighted by Gasteiger charge is -2.32. The number of methoxy groups -OCH3 is 1. The maximum atomic E-state index is 12.9. The molecule has 2 aromatic carbocycles. The van der Waals surface area contributed by atoms with E-state index in [0.29, 0.717) is 31.2 Å². The van der Waals surface area contributed by atoms with E-state index in [2.05, 4.69) is 5.32 Å². The summed E-state index contributed by atoms with van der Waals surface area (Å²) >= 11 is 0. The highest BCUT2D eigenvalue weighted by atomic mass is 16.5. The van der Waals surface area contributed by atoms with Crippen LogP contribution in [0.15, 0.2) is 59.0 Å². The van der Waals surface area contributed by atoms with Crippen molar-refractivity contribution in [3.05, 3.63) is 65.9 Å². The topological polar surface area (TPSA) is 71.8 Å². The number of nitrogens with zero attached hydrogens (tertiary/aromatic N) is 1. The third-order valence-electron chi connectivity index (χ3n) is 5.85. The summed E-state index contributed by atoms with van der Waals surface area (Å²) in [5, 5.41) is 3.91. The quantitative estimate of drug-likeness (QED) is 0.615. The fourth-order valence-electron chi connectivity index (χ4n) is 4.13. The molecule has 3 aromatic rings. The van der Waals surface area contributed by atoms with Crippen molar-refractivity contribution in [1.82, 2.24) is 10.2 Å². The highest BCUT2D eigenvalue weighted by Crippen LogP contribution is 2.25. The molecule has 1 aliphatic rings. The molecule has 162 valence electrons. The van der Waals surface area contributed by atoms with Gasteiger partial charge in [-0.05, 0) is 55.0 Å². The summed E-state index contributed by atoms with van der Waals surface area (Å²) in [5.41, 5.74) is 1.74. The zero-order chi connectivity index (χ0) is 21.6. The molecule has 0 saturated carbocycles. The van der Waals surface area contributed by atoms with Crippen molar-refractivity contribution in [2.45, 2.75) is 32.2 Å². The standard InChI is InChI=1S/C25H28N2O4/c1-30-21-9-4-6-19(14-21)16-26-24(28)12-11-18-7-5-13-27(17-18)25(29)23-15-20-8-2-3-10-22(20)31-23/h2-4,6,8-10,14-15,18H,5,7,11-13,16-17H2,1H3,(H,26,28)/t18-/m0/s1. The van der Waals surface area contributed by atoms with Crippen LogP contribution in [0.2, 0.25) is 0 Å². The van der Waals surface area contributed by atoms with Gasteiger partial charge in [0.15, 0.2) is 5.76 Å². The molecule has 6 heteroatoms. The lowest BCUT2D eigenvalue weighted by molar-refractivity contribution is -0.121. The Morgan fingerprint density at radius 3 is 2.87 bits per heavy atom. The van der Waals surface area contributed by atoms with E-state index in [4.69, 9.17) is 9.15 Å². The van der Waals surface area contributed by atoms with Gasteiger partial charge in [-0.2, -0.15) is 0 Å². The molecule has 31 heavy (non-hydrogen) atoms. The highest BCUT2D eigenvalue weighted by Gasteiger charge is 2.26. The van der Waals surface area contributed by atoms with Gasteiger partial charge < -0.3 is 19.4 Å². The number of hydrogen-bond acceptors (Lipinski definition) is 4. The second-order valence-electron chi connectivity index (χ2n) is 8.07. The molecule has 0 spiro atoms. The average molecular weight is 421 g/mol. The number of furan rings is 1. The molecule has 1 fully saturated rings. The zero-order valence-corrected chi connectivity index (χ0v) is 17.8. The van der Waals surface area contributed by atoms with Gasteiger partial charge in [-0.1, -0.05) is 30.3 Å². The number of nitrogens with one attached hydrogen (secondary N) is 1.